The predicted octanol–water partition coefficient (Wildman–Crippen LogP) is 2.70. The lowest BCUT2D eigenvalue weighted by Crippen LogP contribution is -2.42. The number of hydrogen-bond donors (Lipinski definition) is 0. The summed E-state index contributed by atoms with van der Waals surface area (Å²) in [6.07, 6.45) is 2.45. The Hall–Kier alpha value is -2.04. The molecule has 24 heavy (non-hydrogen) atoms. The molecule has 1 aromatic rings. The van der Waals surface area contributed by atoms with E-state index in [0.29, 0.717) is 25.5 Å². The molecule has 0 saturated carbocycles. The van der Waals surface area contributed by atoms with Gasteiger partial charge in [0.1, 0.15) is 5.75 Å². The topological polar surface area (TPSA) is 49.9 Å². The lowest BCUT2D eigenvalue weighted by Gasteiger charge is -2.32. The van der Waals surface area contributed by atoms with Crippen LogP contribution in [0.15, 0.2) is 24.3 Å². The lowest BCUT2D eigenvalue weighted by molar-refractivity contribution is -0.137. The van der Waals surface area contributed by atoms with E-state index in [1.54, 1.807) is 4.90 Å². The number of nitrogens with zero attached hydrogens (tertiary/aromatic N) is 2. The molecule has 130 valence electrons. The van der Waals surface area contributed by atoms with Gasteiger partial charge in [0, 0.05) is 31.7 Å². The molecule has 0 aliphatic carbocycles. The molecule has 0 bridgehead atoms. The van der Waals surface area contributed by atoms with Gasteiger partial charge in [-0.05, 0) is 49.9 Å². The summed E-state index contributed by atoms with van der Waals surface area (Å²) in [5.41, 5.74) is 0.839. The van der Waals surface area contributed by atoms with Gasteiger partial charge in [0.2, 0.25) is 11.8 Å². The first-order valence-electron chi connectivity index (χ1n) is 8.90. The van der Waals surface area contributed by atoms with Crippen LogP contribution >= 0.6 is 0 Å². The van der Waals surface area contributed by atoms with Crippen LogP contribution in [0, 0.1) is 11.8 Å². The Morgan fingerprint density at radius 3 is 2.50 bits per heavy atom. The van der Waals surface area contributed by atoms with Crippen molar-refractivity contribution < 1.29 is 14.3 Å². The van der Waals surface area contributed by atoms with E-state index in [2.05, 4.69) is 6.92 Å². The fraction of sp³-hybridized carbons (Fsp3) is 0.579. The van der Waals surface area contributed by atoms with Gasteiger partial charge < -0.3 is 14.5 Å². The van der Waals surface area contributed by atoms with Crippen LogP contribution in [-0.4, -0.2) is 43.0 Å². The van der Waals surface area contributed by atoms with E-state index in [-0.39, 0.29) is 17.7 Å². The molecule has 1 aromatic carbocycles. The van der Waals surface area contributed by atoms with Crippen molar-refractivity contribution in [1.82, 2.24) is 4.90 Å². The van der Waals surface area contributed by atoms with E-state index >= 15 is 0 Å². The number of ether oxygens (including phenoxy) is 1. The minimum Gasteiger partial charge on any atom is -0.494 e. The quantitative estimate of drug-likeness (QED) is 0.853. The molecule has 1 atom stereocenters. The molecule has 2 aliphatic heterocycles. The summed E-state index contributed by atoms with van der Waals surface area (Å²) < 4.78 is 5.43. The van der Waals surface area contributed by atoms with Gasteiger partial charge in [-0.25, -0.2) is 0 Å². The van der Waals surface area contributed by atoms with E-state index in [4.69, 9.17) is 4.74 Å². The molecule has 0 radical (unpaired) electrons. The van der Waals surface area contributed by atoms with Crippen molar-refractivity contribution in [1.29, 1.82) is 0 Å². The molecule has 3 rings (SSSR count). The normalized spacial score (nSPS) is 22.1. The van der Waals surface area contributed by atoms with Gasteiger partial charge >= 0.3 is 0 Å². The summed E-state index contributed by atoms with van der Waals surface area (Å²) in [5, 5.41) is 0. The van der Waals surface area contributed by atoms with E-state index in [1.165, 1.54) is 0 Å². The molecule has 2 saturated heterocycles. The molecule has 2 heterocycles. The second kappa shape index (κ2) is 7.24. The Morgan fingerprint density at radius 2 is 1.88 bits per heavy atom. The van der Waals surface area contributed by atoms with Crippen LogP contribution in [0.25, 0.3) is 0 Å². The molecule has 0 N–H and O–H groups in total. The van der Waals surface area contributed by atoms with Gasteiger partial charge in [0.25, 0.3) is 0 Å². The van der Waals surface area contributed by atoms with Crippen molar-refractivity contribution in [3.8, 4) is 5.75 Å². The maximum Gasteiger partial charge on any atom is 0.228 e. The number of carbonyl (C=O) groups is 2. The number of carbonyl (C=O) groups excluding carboxylic acids is 2. The van der Waals surface area contributed by atoms with E-state index in [1.807, 2.05) is 36.1 Å². The van der Waals surface area contributed by atoms with Crippen LogP contribution in [0.2, 0.25) is 0 Å². The van der Waals surface area contributed by atoms with Crippen LogP contribution in [0.1, 0.15) is 33.1 Å². The fourth-order valence-electron chi connectivity index (χ4n) is 3.50. The fourth-order valence-corrected chi connectivity index (χ4v) is 3.50. The smallest absolute Gasteiger partial charge is 0.228 e. The van der Waals surface area contributed by atoms with Crippen molar-refractivity contribution in [2.24, 2.45) is 11.8 Å². The average Bonchev–Trinajstić information content (AvgIpc) is 2.98. The Balaban J connectivity index is 1.63. The summed E-state index contributed by atoms with van der Waals surface area (Å²) in [6.45, 7) is 6.93. The van der Waals surface area contributed by atoms with E-state index < -0.39 is 0 Å². The van der Waals surface area contributed by atoms with E-state index in [0.717, 1.165) is 37.4 Å². The van der Waals surface area contributed by atoms with Crippen LogP contribution in [0.5, 0.6) is 5.75 Å². The standard InChI is InChI=1S/C19H26N2O3/c1-3-24-17-6-4-16(5-7-17)21-13-15(12-18(21)22)19(23)20-10-8-14(2)9-11-20/h4-7,14-15H,3,8-13H2,1-2H3. The number of likely N-dealkylation sites (tertiary alicyclic amines) is 1. The van der Waals surface area contributed by atoms with E-state index in [9.17, 15) is 9.59 Å². The van der Waals surface area contributed by atoms with Gasteiger partial charge in [-0.3, -0.25) is 9.59 Å². The molecular formula is C19H26N2O3. The zero-order chi connectivity index (χ0) is 17.1. The number of rotatable bonds is 4. The summed E-state index contributed by atoms with van der Waals surface area (Å²) in [4.78, 5) is 28.7. The van der Waals surface area contributed by atoms with Crippen molar-refractivity contribution in [2.75, 3.05) is 31.1 Å². The third-order valence-electron chi connectivity index (χ3n) is 5.03. The van der Waals surface area contributed by atoms with Gasteiger partial charge in [-0.1, -0.05) is 6.92 Å². The van der Waals surface area contributed by atoms with Crippen LogP contribution < -0.4 is 9.64 Å². The second-order valence-corrected chi connectivity index (χ2v) is 6.84. The van der Waals surface area contributed by atoms with Crippen molar-refractivity contribution >= 4 is 17.5 Å². The number of amides is 2. The van der Waals surface area contributed by atoms with Crippen LogP contribution in [0.3, 0.4) is 0 Å². The summed E-state index contributed by atoms with van der Waals surface area (Å²) in [6, 6.07) is 7.51. The van der Waals surface area contributed by atoms with Crippen LogP contribution in [-0.2, 0) is 9.59 Å². The van der Waals surface area contributed by atoms with Gasteiger partial charge in [0.15, 0.2) is 0 Å². The average molecular weight is 330 g/mol. The van der Waals surface area contributed by atoms with Crippen LogP contribution in [0.4, 0.5) is 5.69 Å². The third-order valence-corrected chi connectivity index (χ3v) is 5.03. The van der Waals surface area contributed by atoms with Gasteiger partial charge in [-0.15, -0.1) is 0 Å². The van der Waals surface area contributed by atoms with Gasteiger partial charge in [-0.2, -0.15) is 0 Å². The molecular weight excluding hydrogens is 304 g/mol. The predicted molar refractivity (Wildman–Crippen MR) is 93.0 cm³/mol. The molecule has 0 spiro atoms. The molecule has 2 aliphatic rings. The minimum atomic E-state index is -0.211. The molecule has 2 fully saturated rings. The number of anilines is 1. The highest BCUT2D eigenvalue weighted by atomic mass is 16.5. The zero-order valence-corrected chi connectivity index (χ0v) is 14.5. The Kier molecular flexibility index (Phi) is 5.07. The monoisotopic (exact) mass is 330 g/mol. The second-order valence-electron chi connectivity index (χ2n) is 6.84. The highest BCUT2D eigenvalue weighted by molar-refractivity contribution is 6.00. The largest absolute Gasteiger partial charge is 0.494 e. The number of piperidine rings is 1. The first-order chi connectivity index (χ1) is 11.6. The molecule has 5 heteroatoms. The molecule has 0 aromatic heterocycles. The maximum atomic E-state index is 12.7. The van der Waals surface area contributed by atoms with Crippen molar-refractivity contribution in [3.05, 3.63) is 24.3 Å². The minimum absolute atomic E-state index is 0.0305. The Labute approximate surface area is 143 Å². The highest BCUT2D eigenvalue weighted by Crippen LogP contribution is 2.29. The number of benzene rings is 1. The van der Waals surface area contributed by atoms with Gasteiger partial charge in [0.05, 0.1) is 12.5 Å². The number of hydrogen-bond acceptors (Lipinski definition) is 3. The SMILES string of the molecule is CCOc1ccc(N2CC(C(=O)N3CCC(C)CC3)CC2=O)cc1. The molecule has 1 unspecified atom stereocenters. The lowest BCUT2D eigenvalue weighted by atomic mass is 9.97. The molecule has 5 nitrogen and oxygen atoms in total. The first-order valence-corrected chi connectivity index (χ1v) is 8.90. The summed E-state index contributed by atoms with van der Waals surface area (Å²) in [7, 11) is 0. The summed E-state index contributed by atoms with van der Waals surface area (Å²) >= 11 is 0. The van der Waals surface area contributed by atoms with Crippen molar-refractivity contribution in [2.45, 2.75) is 33.1 Å². The first kappa shape index (κ1) is 16.8. The zero-order valence-electron chi connectivity index (χ0n) is 14.5. The highest BCUT2D eigenvalue weighted by Gasteiger charge is 2.37. The maximum absolute atomic E-state index is 12.7. The third kappa shape index (κ3) is 3.55. The summed E-state index contributed by atoms with van der Waals surface area (Å²) in [5.74, 6) is 1.45. The molecule has 2 amide bonds. The Bertz CT molecular complexity index is 591. The Morgan fingerprint density at radius 1 is 1.21 bits per heavy atom. The van der Waals surface area contributed by atoms with Crippen molar-refractivity contribution in [3.63, 3.8) is 0 Å².